The average molecular weight is 215 g/mol. The number of rotatable bonds is 3. The second kappa shape index (κ2) is 6.44. The van der Waals surface area contributed by atoms with Crippen molar-refractivity contribution in [3.8, 4) is 11.8 Å². The van der Waals surface area contributed by atoms with Crippen LogP contribution in [0.2, 0.25) is 0 Å². The second-order valence-electron chi connectivity index (χ2n) is 3.40. The molecule has 0 spiro atoms. The normalized spacial score (nSPS) is 11.7. The molecule has 0 amide bonds. The van der Waals surface area contributed by atoms with Gasteiger partial charge < -0.3 is 4.43 Å². The highest BCUT2D eigenvalue weighted by molar-refractivity contribution is 5.98. The minimum Gasteiger partial charge on any atom is -0.412 e. The van der Waals surface area contributed by atoms with Crippen LogP contribution in [0.25, 0.3) is 0 Å². The minimum absolute atomic E-state index is 0.0220. The van der Waals surface area contributed by atoms with Crippen LogP contribution in [0, 0.1) is 11.8 Å². The Bertz CT molecular complexity index is 362. The molecule has 3 radical (unpaired) electrons. The quantitative estimate of drug-likeness (QED) is 0.556. The van der Waals surface area contributed by atoms with Gasteiger partial charge in [0.05, 0.1) is 6.10 Å². The number of hydrogen-bond donors (Lipinski definition) is 0. The summed E-state index contributed by atoms with van der Waals surface area (Å²) in [7, 11) is 3.07. The first-order chi connectivity index (χ1) is 7.29. The van der Waals surface area contributed by atoms with Gasteiger partial charge >= 0.3 is 0 Å². The van der Waals surface area contributed by atoms with Crippen LogP contribution >= 0.6 is 0 Å². The van der Waals surface area contributed by atoms with Gasteiger partial charge in [-0.1, -0.05) is 37.0 Å². The SMILES string of the molecule is CCCC#Cc1ccccc1C(C)O[Si]. The average Bonchev–Trinajstić information content (AvgIpc) is 2.29. The molecule has 0 N–H and O–H groups in total. The van der Waals surface area contributed by atoms with E-state index in [1.165, 1.54) is 0 Å². The largest absolute Gasteiger partial charge is 0.412 e. The molecular formula is C13H15OSi. The first-order valence-electron chi connectivity index (χ1n) is 5.19. The van der Waals surface area contributed by atoms with Gasteiger partial charge in [0.25, 0.3) is 0 Å². The molecule has 0 heterocycles. The van der Waals surface area contributed by atoms with Crippen molar-refractivity contribution in [2.45, 2.75) is 32.8 Å². The summed E-state index contributed by atoms with van der Waals surface area (Å²) in [5.74, 6) is 6.33. The Labute approximate surface area is 95.4 Å². The van der Waals surface area contributed by atoms with Crippen LogP contribution in [0.15, 0.2) is 24.3 Å². The predicted molar refractivity (Wildman–Crippen MR) is 63.5 cm³/mol. The Morgan fingerprint density at radius 3 is 2.80 bits per heavy atom. The third kappa shape index (κ3) is 3.54. The minimum atomic E-state index is 0.0220. The van der Waals surface area contributed by atoms with Crippen molar-refractivity contribution in [3.05, 3.63) is 35.4 Å². The van der Waals surface area contributed by atoms with Gasteiger partial charge in [-0.25, -0.2) is 0 Å². The highest BCUT2D eigenvalue weighted by Crippen LogP contribution is 2.19. The molecule has 0 aliphatic heterocycles. The number of unbranched alkanes of at least 4 members (excludes halogenated alkanes) is 1. The highest BCUT2D eigenvalue weighted by atomic mass is 28.2. The zero-order valence-electron chi connectivity index (χ0n) is 9.21. The first kappa shape index (κ1) is 12.0. The standard InChI is InChI=1S/C13H15OSi/c1-3-4-5-8-12-9-6-7-10-13(12)11(2)14-15/h6-7,9-11H,3-4H2,1-2H3. The Morgan fingerprint density at radius 1 is 1.40 bits per heavy atom. The summed E-state index contributed by atoms with van der Waals surface area (Å²) in [4.78, 5) is 0. The molecule has 1 rings (SSSR count). The number of benzene rings is 1. The van der Waals surface area contributed by atoms with Crippen molar-refractivity contribution in [2.24, 2.45) is 0 Å². The molecule has 77 valence electrons. The molecule has 0 aromatic heterocycles. The van der Waals surface area contributed by atoms with Crippen molar-refractivity contribution in [1.82, 2.24) is 0 Å². The van der Waals surface area contributed by atoms with Gasteiger partial charge in [0.2, 0.25) is 10.5 Å². The fourth-order valence-electron chi connectivity index (χ4n) is 1.31. The molecule has 0 aliphatic carbocycles. The van der Waals surface area contributed by atoms with Crippen LogP contribution in [0.1, 0.15) is 43.9 Å². The van der Waals surface area contributed by atoms with E-state index in [1.807, 2.05) is 31.2 Å². The third-order valence-electron chi connectivity index (χ3n) is 2.17. The highest BCUT2D eigenvalue weighted by Gasteiger charge is 2.06. The van der Waals surface area contributed by atoms with E-state index < -0.39 is 0 Å². The maximum absolute atomic E-state index is 5.12. The zero-order chi connectivity index (χ0) is 11.1. The van der Waals surface area contributed by atoms with Crippen LogP contribution in [0.4, 0.5) is 0 Å². The molecule has 1 unspecified atom stereocenters. The summed E-state index contributed by atoms with van der Waals surface area (Å²) in [5, 5.41) is 0. The van der Waals surface area contributed by atoms with Gasteiger partial charge in [-0.05, 0) is 25.0 Å². The Hall–Kier alpha value is -1.04. The van der Waals surface area contributed by atoms with E-state index in [9.17, 15) is 0 Å². The molecule has 1 nitrogen and oxygen atoms in total. The third-order valence-corrected chi connectivity index (χ3v) is 2.53. The van der Waals surface area contributed by atoms with E-state index in [-0.39, 0.29) is 6.10 Å². The molecule has 1 aromatic rings. The van der Waals surface area contributed by atoms with E-state index in [0.717, 1.165) is 24.0 Å². The van der Waals surface area contributed by atoms with Gasteiger partial charge in [-0.2, -0.15) is 0 Å². The van der Waals surface area contributed by atoms with Crippen molar-refractivity contribution < 1.29 is 4.43 Å². The lowest BCUT2D eigenvalue weighted by Crippen LogP contribution is -1.99. The van der Waals surface area contributed by atoms with E-state index in [2.05, 4.69) is 29.3 Å². The summed E-state index contributed by atoms with van der Waals surface area (Å²) >= 11 is 0. The Morgan fingerprint density at radius 2 is 2.13 bits per heavy atom. The van der Waals surface area contributed by atoms with Crippen LogP contribution in [0.3, 0.4) is 0 Å². The molecule has 0 fully saturated rings. The number of hydrogen-bond acceptors (Lipinski definition) is 1. The van der Waals surface area contributed by atoms with E-state index in [4.69, 9.17) is 4.43 Å². The van der Waals surface area contributed by atoms with Crippen LogP contribution < -0.4 is 0 Å². The van der Waals surface area contributed by atoms with Crippen LogP contribution in [-0.4, -0.2) is 10.5 Å². The Kier molecular flexibility index (Phi) is 5.17. The smallest absolute Gasteiger partial charge is 0.247 e. The molecule has 0 saturated heterocycles. The van der Waals surface area contributed by atoms with Gasteiger partial charge in [0.15, 0.2) is 0 Å². The molecule has 15 heavy (non-hydrogen) atoms. The summed E-state index contributed by atoms with van der Waals surface area (Å²) in [6, 6.07) is 8.07. The molecule has 0 aliphatic rings. The van der Waals surface area contributed by atoms with Crippen molar-refractivity contribution in [2.75, 3.05) is 0 Å². The summed E-state index contributed by atoms with van der Waals surface area (Å²) in [6.07, 6.45) is 2.06. The van der Waals surface area contributed by atoms with E-state index in [0.29, 0.717) is 0 Å². The zero-order valence-corrected chi connectivity index (χ0v) is 10.2. The van der Waals surface area contributed by atoms with E-state index >= 15 is 0 Å². The van der Waals surface area contributed by atoms with Crippen molar-refractivity contribution >= 4 is 10.5 Å². The van der Waals surface area contributed by atoms with Gasteiger partial charge in [0.1, 0.15) is 0 Å². The molecule has 1 atom stereocenters. The molecule has 0 bridgehead atoms. The maximum Gasteiger partial charge on any atom is 0.247 e. The van der Waals surface area contributed by atoms with Crippen molar-refractivity contribution in [1.29, 1.82) is 0 Å². The van der Waals surface area contributed by atoms with Gasteiger partial charge in [-0.15, -0.1) is 0 Å². The Balaban J connectivity index is 2.92. The molecular weight excluding hydrogens is 200 g/mol. The van der Waals surface area contributed by atoms with Crippen molar-refractivity contribution in [3.63, 3.8) is 0 Å². The van der Waals surface area contributed by atoms with Gasteiger partial charge in [-0.3, -0.25) is 0 Å². The fourth-order valence-corrected chi connectivity index (χ4v) is 1.44. The molecule has 1 aromatic carbocycles. The first-order valence-corrected chi connectivity index (χ1v) is 5.60. The maximum atomic E-state index is 5.12. The lowest BCUT2D eigenvalue weighted by Gasteiger charge is -2.11. The van der Waals surface area contributed by atoms with Gasteiger partial charge in [0, 0.05) is 12.0 Å². The monoisotopic (exact) mass is 215 g/mol. The van der Waals surface area contributed by atoms with Crippen LogP contribution in [0.5, 0.6) is 0 Å². The van der Waals surface area contributed by atoms with E-state index in [1.54, 1.807) is 0 Å². The predicted octanol–water partition coefficient (Wildman–Crippen LogP) is 3.00. The summed E-state index contributed by atoms with van der Waals surface area (Å²) in [6.45, 7) is 4.12. The fraction of sp³-hybridized carbons (Fsp3) is 0.385. The van der Waals surface area contributed by atoms with Crippen LogP contribution in [-0.2, 0) is 4.43 Å². The lowest BCUT2D eigenvalue weighted by atomic mass is 10.0. The molecule has 2 heteroatoms. The molecule has 0 saturated carbocycles. The second-order valence-corrected chi connectivity index (χ2v) is 3.63. The topological polar surface area (TPSA) is 9.23 Å². The lowest BCUT2D eigenvalue weighted by molar-refractivity contribution is 0.250. The summed E-state index contributed by atoms with van der Waals surface area (Å²) in [5.41, 5.74) is 2.17. The summed E-state index contributed by atoms with van der Waals surface area (Å²) < 4.78 is 5.12.